The Hall–Kier alpha value is -3.84. The Morgan fingerprint density at radius 3 is 0.895 bits per heavy atom. The van der Waals surface area contributed by atoms with Crippen molar-refractivity contribution < 1.29 is 38.4 Å². The van der Waals surface area contributed by atoms with Gasteiger partial charge in [0, 0.05) is 72.0 Å². The van der Waals surface area contributed by atoms with E-state index in [-0.39, 0.29) is 245 Å². The Labute approximate surface area is 642 Å². The molecule has 0 atom stereocenters. The second-order valence-electron chi connectivity index (χ2n) is 22.8. The average Bonchev–Trinajstić information content (AvgIpc) is 1.59. The van der Waals surface area contributed by atoms with Gasteiger partial charge in [0.25, 0.3) is 0 Å². The molecule has 5 heterocycles. The standard InChI is InChI=1S/C64H30Cl18N8O4.Zn/c1-63(2,3)19-16-17-27(20(18-19)64(4,5)6)91-51-40(75)32-28(36(71)44(51)79)57-86-59(32)90-62-35-30(38(73)46(81)54(43(35)78)94-50-25(69)14-9-15-26(50)70)56(85-62)83-55-29-33(41(76)52(45(80)37(29)72)92-48-21(65)10-7-11-22(48)66)60(84-55)88-58-31-34(61(87-57)89-58)42(77)53(47(82)39(31)74)93-49-23(67)12-8-13-24(49)68;/h7-18H,1-6H3;/q-2;+2. The van der Waals surface area contributed by atoms with Gasteiger partial charge in [0.1, 0.15) is 25.8 Å². The van der Waals surface area contributed by atoms with Crippen LogP contribution in [0.1, 0.15) is 52.7 Å². The van der Waals surface area contributed by atoms with Crippen molar-refractivity contribution >= 4 is 253 Å². The molecule has 0 amide bonds. The number of rotatable bonds is 8. The van der Waals surface area contributed by atoms with Crippen molar-refractivity contribution in [3.63, 3.8) is 0 Å². The first-order valence-electron chi connectivity index (χ1n) is 27.1. The zero-order valence-electron chi connectivity index (χ0n) is 48.6. The van der Waals surface area contributed by atoms with E-state index in [1.54, 1.807) is 42.5 Å². The molecule has 31 heteroatoms. The van der Waals surface area contributed by atoms with Crippen LogP contribution in [0.3, 0.4) is 0 Å². The van der Waals surface area contributed by atoms with E-state index < -0.39 is 5.41 Å². The molecule has 0 fully saturated rings. The van der Waals surface area contributed by atoms with Crippen LogP contribution < -0.4 is 28.9 Å². The van der Waals surface area contributed by atoms with Crippen molar-refractivity contribution in [1.82, 2.24) is 39.9 Å². The number of benzene rings is 8. The summed E-state index contributed by atoms with van der Waals surface area (Å²) < 4.78 is 25.9. The molecule has 2 aliphatic heterocycles. The number of hydrogen-bond acceptors (Lipinski definition) is 10. The summed E-state index contributed by atoms with van der Waals surface area (Å²) in [5, 5.41) is -2.08. The SMILES string of the molecule is CC(C)(C)c1ccc(Oc2c(Cl)c(Cl)c3c(c2Cl)-c2nc-3nc3[n-]c(nc4nc(nc5[n-]c(n2)c2c(Cl)c(Oc6c(Cl)cccc6Cl)c(Cl)c(Cl)c52)-c2c(Cl)c(Cl)c(Oc5c(Cl)cccc5Cl)c(Cl)c2-4)c2c(Cl)c(Cl)c(Oc4c(Cl)cccc4Cl)c(Cl)c32)c(C(C)(C)C)c1.[Zn+2]. The van der Waals surface area contributed by atoms with Gasteiger partial charge >= 0.3 is 19.5 Å². The van der Waals surface area contributed by atoms with Gasteiger partial charge in [0.15, 0.2) is 40.2 Å². The third-order valence-corrected chi connectivity index (χ3v) is 21.4. The third-order valence-electron chi connectivity index (χ3n) is 14.8. The van der Waals surface area contributed by atoms with Gasteiger partial charge in [-0.1, -0.05) is 281 Å². The largest absolute Gasteiger partial charge is 2.00 e. The molecule has 0 N–H and O–H groups in total. The molecule has 0 radical (unpaired) electrons. The van der Waals surface area contributed by atoms with Gasteiger partial charge in [-0.2, -0.15) is 0 Å². The van der Waals surface area contributed by atoms with Crippen LogP contribution >= 0.6 is 209 Å². The molecule has 8 bridgehead atoms. The number of hydrogen-bond donors (Lipinski definition) is 0. The van der Waals surface area contributed by atoms with Crippen molar-refractivity contribution in [3.05, 3.63) is 174 Å². The summed E-state index contributed by atoms with van der Waals surface area (Å²) in [5.41, 5.74) is 0.179. The Kier molecular flexibility index (Phi) is 19.9. The van der Waals surface area contributed by atoms with Crippen molar-refractivity contribution in [2.75, 3.05) is 0 Å². The Morgan fingerprint density at radius 2 is 0.579 bits per heavy atom. The molecule has 8 aromatic carbocycles. The van der Waals surface area contributed by atoms with Crippen LogP contribution in [0.25, 0.3) is 89.7 Å². The summed E-state index contributed by atoms with van der Waals surface area (Å²) in [7, 11) is 0. The second-order valence-corrected chi connectivity index (χ2v) is 29.8. The molecule has 11 aromatic rings. The summed E-state index contributed by atoms with van der Waals surface area (Å²) >= 11 is 129. The molecule has 3 aromatic heterocycles. The smallest absolute Gasteiger partial charge is 0.454 e. The first-order valence-corrected chi connectivity index (χ1v) is 33.9. The summed E-state index contributed by atoms with van der Waals surface area (Å²) in [6.07, 6.45) is 0. The summed E-state index contributed by atoms with van der Waals surface area (Å²) in [4.78, 5) is 40.2. The maximum absolute atomic E-state index is 7.69. The molecular formula is C64H30Cl18N8O4Zn. The van der Waals surface area contributed by atoms with E-state index in [4.69, 9.17) is 268 Å². The quantitative estimate of drug-likeness (QED) is 0.106. The maximum atomic E-state index is 7.69. The van der Waals surface area contributed by atoms with Gasteiger partial charge in [0.2, 0.25) is 0 Å². The van der Waals surface area contributed by atoms with E-state index in [0.29, 0.717) is 5.75 Å². The summed E-state index contributed by atoms with van der Waals surface area (Å²) in [6.45, 7) is 12.5. The molecule has 0 saturated carbocycles. The fourth-order valence-electron chi connectivity index (χ4n) is 10.3. The average molecular weight is 1680 g/mol. The minimum Gasteiger partial charge on any atom is -0.454 e. The van der Waals surface area contributed by atoms with Gasteiger partial charge in [-0.15, -0.1) is 0 Å². The summed E-state index contributed by atoms with van der Waals surface area (Å²) in [5.74, 6) is -1.37. The fraction of sp³-hybridized carbons (Fsp3) is 0.125. The van der Waals surface area contributed by atoms with Gasteiger partial charge in [-0.25, -0.2) is 9.97 Å². The minimum absolute atomic E-state index is 0. The van der Waals surface area contributed by atoms with Gasteiger partial charge in [0.05, 0.1) is 93.6 Å². The van der Waals surface area contributed by atoms with Gasteiger partial charge < -0.3 is 48.9 Å². The van der Waals surface area contributed by atoms with Crippen molar-refractivity contribution in [2.45, 2.75) is 52.4 Å². The van der Waals surface area contributed by atoms with Crippen LogP contribution in [-0.2, 0) is 30.3 Å². The van der Waals surface area contributed by atoms with Crippen LogP contribution in [0.15, 0.2) is 72.8 Å². The van der Waals surface area contributed by atoms with E-state index >= 15 is 0 Å². The number of para-hydroxylation sites is 3. The third kappa shape index (κ3) is 12.3. The molecule has 12 nitrogen and oxygen atoms in total. The monoisotopic (exact) mass is 1670 g/mol. The van der Waals surface area contributed by atoms with Crippen molar-refractivity contribution in [1.29, 1.82) is 0 Å². The van der Waals surface area contributed by atoms with Crippen molar-refractivity contribution in [3.8, 4) is 91.5 Å². The molecule has 0 spiro atoms. The van der Waals surface area contributed by atoms with Crippen LogP contribution in [0, 0.1) is 0 Å². The first kappa shape index (κ1) is 71.0. The molecule has 0 aliphatic carbocycles. The maximum Gasteiger partial charge on any atom is 2.00 e. The normalized spacial score (nSPS) is 12.1. The van der Waals surface area contributed by atoms with Crippen molar-refractivity contribution in [2.24, 2.45) is 0 Å². The number of fused-ring (bicyclic) bond motifs is 20. The predicted octanol–water partition coefficient (Wildman–Crippen LogP) is 27.7. The predicted molar refractivity (Wildman–Crippen MR) is 388 cm³/mol. The second kappa shape index (κ2) is 26.6. The van der Waals surface area contributed by atoms with Crippen LogP contribution in [0.2, 0.25) is 90.4 Å². The zero-order chi connectivity index (χ0) is 67.4. The number of nitrogens with zero attached hydrogens (tertiary/aromatic N) is 8. The summed E-state index contributed by atoms with van der Waals surface area (Å²) in [6, 6.07) is 19.9. The molecule has 13 rings (SSSR count). The Balaban J connectivity index is 0.00000864. The van der Waals surface area contributed by atoms with Crippen LogP contribution in [0.4, 0.5) is 0 Å². The number of ether oxygens (including phenoxy) is 4. The Bertz CT molecular complexity index is 5330. The Morgan fingerprint density at radius 1 is 0.295 bits per heavy atom. The van der Waals surface area contributed by atoms with E-state index in [0.717, 1.165) is 11.1 Å². The van der Waals surface area contributed by atoms with Gasteiger partial charge in [-0.05, 0) is 58.9 Å². The first-order chi connectivity index (χ1) is 44.4. The fourth-order valence-corrected chi connectivity index (χ4v) is 15.2. The minimum atomic E-state index is -0.478. The van der Waals surface area contributed by atoms with Gasteiger partial charge in [-0.3, -0.25) is 0 Å². The number of aromatic nitrogens is 8. The van der Waals surface area contributed by atoms with Crippen LogP contribution in [-0.4, -0.2) is 29.9 Å². The van der Waals surface area contributed by atoms with E-state index in [1.807, 2.05) is 32.9 Å². The zero-order valence-corrected chi connectivity index (χ0v) is 65.2. The number of halogens is 18. The molecule has 0 saturated heterocycles. The van der Waals surface area contributed by atoms with E-state index in [2.05, 4.69) is 26.8 Å². The molecule has 95 heavy (non-hydrogen) atoms. The molecule has 478 valence electrons. The topological polar surface area (TPSA) is 142 Å². The van der Waals surface area contributed by atoms with E-state index in [1.165, 1.54) is 12.1 Å². The van der Waals surface area contributed by atoms with E-state index in [9.17, 15) is 0 Å². The molecule has 2 aliphatic rings. The van der Waals surface area contributed by atoms with Crippen LogP contribution in [0.5, 0.6) is 46.0 Å². The molecular weight excluding hydrogens is 1650 g/mol. The molecule has 0 unspecified atom stereocenters.